The number of aromatic nitrogens is 1. The van der Waals surface area contributed by atoms with Crippen molar-refractivity contribution in [3.63, 3.8) is 0 Å². The number of hydrogen-bond donors (Lipinski definition) is 0. The van der Waals surface area contributed by atoms with Gasteiger partial charge in [-0.1, -0.05) is 26.0 Å². The van der Waals surface area contributed by atoms with E-state index in [2.05, 4.69) is 62.8 Å². The number of furan rings is 1. The summed E-state index contributed by atoms with van der Waals surface area (Å²) >= 11 is 0. The predicted molar refractivity (Wildman–Crippen MR) is 104 cm³/mol. The third kappa shape index (κ3) is 2.50. The van der Waals surface area contributed by atoms with E-state index >= 15 is 0 Å². The van der Waals surface area contributed by atoms with Crippen LogP contribution in [0.2, 0.25) is 0 Å². The van der Waals surface area contributed by atoms with Crippen LogP contribution in [0.4, 0.5) is 4.39 Å². The summed E-state index contributed by atoms with van der Waals surface area (Å²) < 4.78 is 22.2. The molecule has 0 aliphatic heterocycles. The first-order chi connectivity index (χ1) is 12.4. The number of halogens is 1. The maximum Gasteiger partial charge on any atom is 0.216 e. The molecular weight excluding hydrogens is 325 g/mol. The second-order valence-electron chi connectivity index (χ2n) is 7.45. The topological polar surface area (TPSA) is 17.0 Å². The summed E-state index contributed by atoms with van der Waals surface area (Å²) in [7, 11) is 2.06. The highest BCUT2D eigenvalue weighted by molar-refractivity contribution is 6.11. The summed E-state index contributed by atoms with van der Waals surface area (Å²) in [5, 5.41) is 2.02. The van der Waals surface area contributed by atoms with Gasteiger partial charge in [0, 0.05) is 28.5 Å². The first kappa shape index (κ1) is 16.8. The largest absolute Gasteiger partial charge is 0.455 e. The third-order valence-corrected chi connectivity index (χ3v) is 5.19. The fourth-order valence-corrected chi connectivity index (χ4v) is 3.78. The number of nitrogens with zero attached hydrogens (tertiary/aromatic N) is 1. The highest BCUT2D eigenvalue weighted by Gasteiger charge is 2.22. The summed E-state index contributed by atoms with van der Waals surface area (Å²) in [4.78, 5) is 0. The quantitative estimate of drug-likeness (QED) is 0.409. The molecule has 4 aromatic rings. The normalized spacial score (nSPS) is 11.8. The van der Waals surface area contributed by atoms with Crippen molar-refractivity contribution in [2.45, 2.75) is 33.6 Å². The van der Waals surface area contributed by atoms with Gasteiger partial charge in [-0.3, -0.25) is 0 Å². The minimum absolute atomic E-state index is 0.265. The predicted octanol–water partition coefficient (Wildman–Crippen LogP) is 5.96. The van der Waals surface area contributed by atoms with E-state index in [9.17, 15) is 4.39 Å². The summed E-state index contributed by atoms with van der Waals surface area (Å²) in [6, 6.07) is 11.6. The molecule has 0 aliphatic carbocycles. The van der Waals surface area contributed by atoms with Gasteiger partial charge in [0.2, 0.25) is 5.69 Å². The molecule has 0 atom stereocenters. The van der Waals surface area contributed by atoms with Crippen molar-refractivity contribution in [2.24, 2.45) is 7.05 Å². The molecule has 0 bridgehead atoms. The zero-order chi connectivity index (χ0) is 18.6. The van der Waals surface area contributed by atoms with E-state index in [0.717, 1.165) is 38.7 Å². The van der Waals surface area contributed by atoms with E-state index in [1.54, 1.807) is 6.07 Å². The van der Waals surface area contributed by atoms with Crippen LogP contribution in [0.25, 0.3) is 33.2 Å². The number of benzene rings is 2. The lowest BCUT2D eigenvalue weighted by Crippen LogP contribution is -2.31. The van der Waals surface area contributed by atoms with E-state index in [0.29, 0.717) is 11.5 Å². The number of hydrogen-bond acceptors (Lipinski definition) is 1. The van der Waals surface area contributed by atoms with Gasteiger partial charge in [-0.05, 0) is 43.0 Å². The van der Waals surface area contributed by atoms with Crippen molar-refractivity contribution in [3.8, 4) is 11.3 Å². The van der Waals surface area contributed by atoms with Crippen LogP contribution in [0.15, 0.2) is 47.0 Å². The summed E-state index contributed by atoms with van der Waals surface area (Å²) in [6.07, 6.45) is 2.17. The Hall–Kier alpha value is -2.68. The Kier molecular flexibility index (Phi) is 3.83. The Bertz CT molecular complexity index is 1150. The van der Waals surface area contributed by atoms with Crippen LogP contribution in [0.5, 0.6) is 0 Å². The van der Waals surface area contributed by atoms with Gasteiger partial charge in [-0.25, -0.2) is 8.96 Å². The van der Waals surface area contributed by atoms with Gasteiger partial charge in [-0.15, -0.1) is 0 Å². The van der Waals surface area contributed by atoms with Crippen LogP contribution in [0, 0.1) is 19.7 Å². The van der Waals surface area contributed by atoms with Gasteiger partial charge in [0.15, 0.2) is 6.20 Å². The minimum atomic E-state index is -0.265. The molecule has 3 heteroatoms. The highest BCUT2D eigenvalue weighted by Crippen LogP contribution is 2.38. The summed E-state index contributed by atoms with van der Waals surface area (Å²) in [5.74, 6) is 0.211. The third-order valence-electron chi connectivity index (χ3n) is 5.19. The first-order valence-electron chi connectivity index (χ1n) is 8.98. The van der Waals surface area contributed by atoms with Crippen molar-refractivity contribution in [2.75, 3.05) is 0 Å². The molecule has 0 amide bonds. The molecule has 132 valence electrons. The molecule has 0 saturated heterocycles. The zero-order valence-corrected chi connectivity index (χ0v) is 15.9. The number of aryl methyl sites for hydroxylation is 3. The van der Waals surface area contributed by atoms with Gasteiger partial charge >= 0.3 is 0 Å². The van der Waals surface area contributed by atoms with E-state index in [4.69, 9.17) is 4.42 Å². The summed E-state index contributed by atoms with van der Waals surface area (Å²) in [5.41, 5.74) is 6.91. The molecule has 4 rings (SSSR count). The molecular formula is C23H23FNO+. The maximum atomic E-state index is 13.8. The standard InChI is InChI=1S/C23H23FNO/c1-13(2)16-7-9-19(25(5)12-16)22-14(3)6-8-18-21-15(4)10-17(24)11-20(21)26-23(18)22/h6-13H,1-5H3/q+1. The average Bonchev–Trinajstić information content (AvgIpc) is 2.93. The fourth-order valence-electron chi connectivity index (χ4n) is 3.78. The molecule has 0 N–H and O–H groups in total. The molecule has 26 heavy (non-hydrogen) atoms. The van der Waals surface area contributed by atoms with Crippen LogP contribution in [0.1, 0.15) is 36.5 Å². The minimum Gasteiger partial charge on any atom is -0.455 e. The Morgan fingerprint density at radius 1 is 1.00 bits per heavy atom. The van der Waals surface area contributed by atoms with E-state index in [-0.39, 0.29) is 5.82 Å². The van der Waals surface area contributed by atoms with E-state index in [1.165, 1.54) is 11.6 Å². The number of pyridine rings is 1. The summed E-state index contributed by atoms with van der Waals surface area (Å²) in [6.45, 7) is 8.40. The molecule has 0 radical (unpaired) electrons. The first-order valence-corrected chi connectivity index (χ1v) is 8.98. The van der Waals surface area contributed by atoms with Gasteiger partial charge in [0.1, 0.15) is 24.0 Å². The molecule has 2 aromatic carbocycles. The van der Waals surface area contributed by atoms with Crippen molar-refractivity contribution >= 4 is 21.9 Å². The number of rotatable bonds is 2. The van der Waals surface area contributed by atoms with Gasteiger partial charge in [0.25, 0.3) is 0 Å². The molecule has 0 aliphatic rings. The smallest absolute Gasteiger partial charge is 0.216 e. The lowest BCUT2D eigenvalue weighted by Gasteiger charge is -2.08. The van der Waals surface area contributed by atoms with Gasteiger partial charge < -0.3 is 4.42 Å². The lowest BCUT2D eigenvalue weighted by molar-refractivity contribution is -0.660. The van der Waals surface area contributed by atoms with Crippen molar-refractivity contribution < 1.29 is 13.4 Å². The van der Waals surface area contributed by atoms with Crippen molar-refractivity contribution in [1.29, 1.82) is 0 Å². The van der Waals surface area contributed by atoms with Crippen LogP contribution >= 0.6 is 0 Å². The van der Waals surface area contributed by atoms with Crippen LogP contribution in [-0.2, 0) is 7.05 Å². The second kappa shape index (κ2) is 5.94. The number of fused-ring (bicyclic) bond motifs is 3. The molecule has 2 heterocycles. The maximum absolute atomic E-state index is 13.8. The van der Waals surface area contributed by atoms with Gasteiger partial charge in [-0.2, -0.15) is 0 Å². The van der Waals surface area contributed by atoms with Crippen LogP contribution in [0.3, 0.4) is 0 Å². The van der Waals surface area contributed by atoms with Gasteiger partial charge in [0.05, 0.1) is 5.56 Å². The molecule has 0 fully saturated rings. The van der Waals surface area contributed by atoms with Crippen LogP contribution in [-0.4, -0.2) is 0 Å². The molecule has 0 unspecified atom stereocenters. The van der Waals surface area contributed by atoms with E-state index in [1.807, 2.05) is 6.92 Å². The Morgan fingerprint density at radius 3 is 2.46 bits per heavy atom. The van der Waals surface area contributed by atoms with Crippen molar-refractivity contribution in [1.82, 2.24) is 0 Å². The van der Waals surface area contributed by atoms with Crippen LogP contribution < -0.4 is 4.57 Å². The van der Waals surface area contributed by atoms with E-state index < -0.39 is 0 Å². The average molecular weight is 348 g/mol. The Labute approximate surface area is 152 Å². The Morgan fingerprint density at radius 2 is 1.77 bits per heavy atom. The monoisotopic (exact) mass is 348 g/mol. The molecule has 2 aromatic heterocycles. The fraction of sp³-hybridized carbons (Fsp3) is 0.261. The SMILES string of the molecule is Cc1ccc2c(oc3cc(F)cc(C)c32)c1-c1ccc(C(C)C)c[n+]1C. The molecule has 2 nitrogen and oxygen atoms in total. The zero-order valence-electron chi connectivity index (χ0n) is 15.9. The molecule has 0 saturated carbocycles. The lowest BCUT2D eigenvalue weighted by atomic mass is 9.98. The second-order valence-corrected chi connectivity index (χ2v) is 7.45. The Balaban J connectivity index is 2.07. The van der Waals surface area contributed by atoms with Crippen molar-refractivity contribution in [3.05, 3.63) is 65.1 Å². The highest BCUT2D eigenvalue weighted by atomic mass is 19.1. The molecule has 0 spiro atoms.